The number of likely N-dealkylation sites (tertiary alicyclic amines) is 1. The Balaban J connectivity index is 1.44. The number of hydrogen-bond donors (Lipinski definition) is 2. The van der Waals surface area contributed by atoms with Gasteiger partial charge in [-0.3, -0.25) is 10.00 Å². The molecule has 2 saturated heterocycles. The number of hydrogen-bond acceptors (Lipinski definition) is 5. The first-order valence-corrected chi connectivity index (χ1v) is 9.32. The minimum atomic E-state index is -0.143. The molecule has 5 rings (SSSR count). The van der Waals surface area contributed by atoms with Crippen molar-refractivity contribution in [3.05, 3.63) is 24.5 Å². The molecule has 3 aromatic rings. The van der Waals surface area contributed by atoms with Crippen molar-refractivity contribution in [2.75, 3.05) is 38.7 Å². The van der Waals surface area contributed by atoms with Crippen LogP contribution in [0, 0.1) is 11.8 Å². The van der Waals surface area contributed by atoms with E-state index in [1.165, 1.54) is 0 Å². The van der Waals surface area contributed by atoms with Gasteiger partial charge in [-0.05, 0) is 12.1 Å². The molecule has 2 fully saturated rings. The third-order valence-electron chi connectivity index (χ3n) is 5.60. The number of aromatic amines is 1. The summed E-state index contributed by atoms with van der Waals surface area (Å²) in [6.45, 7) is 2.93. The Hall–Kier alpha value is -3.07. The smallest absolute Gasteiger partial charge is 0.324 e. The molecule has 1 aromatic carbocycles. The van der Waals surface area contributed by atoms with Crippen molar-refractivity contribution in [2.24, 2.45) is 18.9 Å². The fourth-order valence-corrected chi connectivity index (χ4v) is 4.12. The lowest BCUT2D eigenvalue weighted by molar-refractivity contribution is 0.158. The van der Waals surface area contributed by atoms with Crippen LogP contribution in [0.15, 0.2) is 24.5 Å². The Morgan fingerprint density at radius 1 is 1.32 bits per heavy atom. The van der Waals surface area contributed by atoms with E-state index < -0.39 is 0 Å². The molecule has 2 N–H and O–H groups in total. The minimum Gasteiger partial charge on any atom is -0.494 e. The standard InChI is InChI=1S/C19H22N6O3/c1-24-6-11(5-20-24)14-3-4-15(27-2)17-16(14)21-18(22-17)23-19(26)25-7-12-9-28-10-13(12)8-25/h3-6,12-13H,7-10H2,1-2H3,(H2,21,22,23,26). The fraction of sp³-hybridized carbons (Fsp3) is 0.421. The highest BCUT2D eigenvalue weighted by atomic mass is 16.5. The van der Waals surface area contributed by atoms with E-state index in [1.54, 1.807) is 18.0 Å². The van der Waals surface area contributed by atoms with Gasteiger partial charge < -0.3 is 19.4 Å². The third kappa shape index (κ3) is 2.78. The lowest BCUT2D eigenvalue weighted by Crippen LogP contribution is -2.34. The number of nitrogens with zero attached hydrogens (tertiary/aromatic N) is 4. The van der Waals surface area contributed by atoms with Gasteiger partial charge in [0.25, 0.3) is 0 Å². The summed E-state index contributed by atoms with van der Waals surface area (Å²) >= 11 is 0. The van der Waals surface area contributed by atoms with Gasteiger partial charge in [-0.25, -0.2) is 9.78 Å². The minimum absolute atomic E-state index is 0.143. The number of benzene rings is 1. The molecule has 9 heteroatoms. The lowest BCUT2D eigenvalue weighted by Gasteiger charge is -2.16. The normalized spacial score (nSPS) is 21.3. The number of amides is 2. The van der Waals surface area contributed by atoms with Crippen LogP contribution >= 0.6 is 0 Å². The van der Waals surface area contributed by atoms with Gasteiger partial charge in [0.1, 0.15) is 16.8 Å². The van der Waals surface area contributed by atoms with Crippen LogP contribution in [0.25, 0.3) is 22.2 Å². The van der Waals surface area contributed by atoms with Crippen molar-refractivity contribution in [1.82, 2.24) is 24.6 Å². The first-order chi connectivity index (χ1) is 13.6. The van der Waals surface area contributed by atoms with Crippen LogP contribution in [0.5, 0.6) is 5.75 Å². The number of H-pyrrole nitrogens is 1. The summed E-state index contributed by atoms with van der Waals surface area (Å²) in [4.78, 5) is 22.4. The Labute approximate surface area is 161 Å². The highest BCUT2D eigenvalue weighted by Gasteiger charge is 2.39. The molecule has 2 aliphatic heterocycles. The van der Waals surface area contributed by atoms with Gasteiger partial charge in [-0.2, -0.15) is 5.10 Å². The van der Waals surface area contributed by atoms with E-state index in [0.29, 0.717) is 23.5 Å². The van der Waals surface area contributed by atoms with Crippen molar-refractivity contribution in [2.45, 2.75) is 0 Å². The molecule has 2 aromatic heterocycles. The van der Waals surface area contributed by atoms with Crippen LogP contribution in [0.2, 0.25) is 0 Å². The van der Waals surface area contributed by atoms with Gasteiger partial charge in [-0.1, -0.05) is 0 Å². The molecule has 0 radical (unpaired) electrons. The largest absolute Gasteiger partial charge is 0.494 e. The molecule has 0 spiro atoms. The Kier molecular flexibility index (Phi) is 3.97. The van der Waals surface area contributed by atoms with Crippen molar-refractivity contribution >= 4 is 23.0 Å². The number of methoxy groups -OCH3 is 1. The van der Waals surface area contributed by atoms with Crippen LogP contribution < -0.4 is 10.1 Å². The summed E-state index contributed by atoms with van der Waals surface area (Å²) in [5.74, 6) is 1.96. The third-order valence-corrected chi connectivity index (χ3v) is 5.60. The summed E-state index contributed by atoms with van der Waals surface area (Å²) in [5, 5.41) is 7.14. The second-order valence-corrected chi connectivity index (χ2v) is 7.42. The van der Waals surface area contributed by atoms with Gasteiger partial charge >= 0.3 is 6.03 Å². The predicted octanol–water partition coefficient (Wildman–Crippen LogP) is 2.08. The van der Waals surface area contributed by atoms with E-state index >= 15 is 0 Å². The maximum absolute atomic E-state index is 12.7. The predicted molar refractivity (Wildman–Crippen MR) is 103 cm³/mol. The molecule has 0 saturated carbocycles. The Bertz CT molecular complexity index is 1030. The number of urea groups is 1. The molecule has 9 nitrogen and oxygen atoms in total. The van der Waals surface area contributed by atoms with Gasteiger partial charge in [0.05, 0.1) is 26.5 Å². The number of rotatable bonds is 3. The first-order valence-electron chi connectivity index (χ1n) is 9.32. The second kappa shape index (κ2) is 6.52. The number of ether oxygens (including phenoxy) is 2. The summed E-state index contributed by atoms with van der Waals surface area (Å²) < 4.78 is 12.7. The zero-order valence-electron chi connectivity index (χ0n) is 15.8. The number of nitrogens with one attached hydrogen (secondary N) is 2. The summed E-state index contributed by atoms with van der Waals surface area (Å²) in [6.07, 6.45) is 3.72. The van der Waals surface area contributed by atoms with Crippen LogP contribution in [-0.4, -0.2) is 64.1 Å². The molecule has 0 bridgehead atoms. The molecule has 2 unspecified atom stereocenters. The zero-order chi connectivity index (χ0) is 19.3. The second-order valence-electron chi connectivity index (χ2n) is 7.42. The lowest BCUT2D eigenvalue weighted by atomic mass is 10.0. The molecular weight excluding hydrogens is 360 g/mol. The maximum atomic E-state index is 12.7. The van der Waals surface area contributed by atoms with E-state index in [9.17, 15) is 4.79 Å². The number of carbonyl (C=O) groups excluding carboxylic acids is 1. The Morgan fingerprint density at radius 3 is 2.79 bits per heavy atom. The highest BCUT2D eigenvalue weighted by Crippen LogP contribution is 2.34. The monoisotopic (exact) mass is 382 g/mol. The quantitative estimate of drug-likeness (QED) is 0.723. The van der Waals surface area contributed by atoms with Crippen LogP contribution in [0.1, 0.15) is 0 Å². The Morgan fingerprint density at radius 2 is 2.11 bits per heavy atom. The average molecular weight is 382 g/mol. The fourth-order valence-electron chi connectivity index (χ4n) is 4.12. The van der Waals surface area contributed by atoms with Gasteiger partial charge in [-0.15, -0.1) is 0 Å². The zero-order valence-corrected chi connectivity index (χ0v) is 15.8. The number of anilines is 1. The van der Waals surface area contributed by atoms with Gasteiger partial charge in [0, 0.05) is 49.3 Å². The van der Waals surface area contributed by atoms with Crippen molar-refractivity contribution in [3.8, 4) is 16.9 Å². The molecule has 28 heavy (non-hydrogen) atoms. The SMILES string of the molecule is COc1ccc(-c2cnn(C)c2)c2nc(NC(=O)N3CC4COCC4C3)[nH]c12. The number of fused-ring (bicyclic) bond motifs is 2. The van der Waals surface area contributed by atoms with Crippen molar-refractivity contribution in [3.63, 3.8) is 0 Å². The average Bonchev–Trinajstić information content (AvgIpc) is 3.43. The number of aromatic nitrogens is 4. The van der Waals surface area contributed by atoms with Crippen LogP contribution in [-0.2, 0) is 11.8 Å². The molecule has 4 heterocycles. The first kappa shape index (κ1) is 17.1. The molecule has 0 aliphatic carbocycles. The van der Waals surface area contributed by atoms with Gasteiger partial charge in [0.15, 0.2) is 0 Å². The van der Waals surface area contributed by atoms with E-state index in [1.807, 2.05) is 30.3 Å². The van der Waals surface area contributed by atoms with Crippen molar-refractivity contribution in [1.29, 1.82) is 0 Å². The number of imidazole rings is 1. The topological polar surface area (TPSA) is 97.3 Å². The summed E-state index contributed by atoms with van der Waals surface area (Å²) in [5.41, 5.74) is 3.35. The molecule has 2 atom stereocenters. The van der Waals surface area contributed by atoms with E-state index in [4.69, 9.17) is 9.47 Å². The highest BCUT2D eigenvalue weighted by molar-refractivity contribution is 5.98. The number of aryl methyl sites for hydroxylation is 1. The summed E-state index contributed by atoms with van der Waals surface area (Å²) in [7, 11) is 3.49. The van der Waals surface area contributed by atoms with Gasteiger partial charge in [0.2, 0.25) is 5.95 Å². The molecule has 2 aliphatic rings. The van der Waals surface area contributed by atoms with E-state index in [0.717, 1.165) is 48.5 Å². The molecule has 146 valence electrons. The number of carbonyl (C=O) groups is 1. The molecule has 2 amide bonds. The van der Waals surface area contributed by atoms with E-state index in [2.05, 4.69) is 20.4 Å². The molecular formula is C19H22N6O3. The van der Waals surface area contributed by atoms with E-state index in [-0.39, 0.29) is 6.03 Å². The summed E-state index contributed by atoms with van der Waals surface area (Å²) in [6, 6.07) is 3.69. The van der Waals surface area contributed by atoms with Crippen LogP contribution in [0.4, 0.5) is 10.7 Å². The maximum Gasteiger partial charge on any atom is 0.324 e. The van der Waals surface area contributed by atoms with Crippen LogP contribution in [0.3, 0.4) is 0 Å². The van der Waals surface area contributed by atoms with Crippen molar-refractivity contribution < 1.29 is 14.3 Å².